The molecule has 0 spiro atoms. The number of hydrogen-bond donors (Lipinski definition) is 1. The molecule has 4 aromatic rings. The number of rotatable bonds is 9. The molecule has 186 valence electrons. The number of nitrogens with zero attached hydrogens (tertiary/aromatic N) is 1. The Hall–Kier alpha value is -4.00. The van der Waals surface area contributed by atoms with Gasteiger partial charge in [0, 0.05) is 5.92 Å². The molecular weight excluding hydrogens is 488 g/mol. The SMILES string of the molecule is O=C(NC(COCc1ccccc1)c1cccc(C(=O)Cl)n1)OCC1c2ccccc2-c2ccccc21. The summed E-state index contributed by atoms with van der Waals surface area (Å²) in [5, 5.41) is 2.18. The van der Waals surface area contributed by atoms with Crippen molar-refractivity contribution < 1.29 is 19.1 Å². The summed E-state index contributed by atoms with van der Waals surface area (Å²) in [5.41, 5.74) is 6.13. The van der Waals surface area contributed by atoms with Crippen LogP contribution in [-0.2, 0) is 16.1 Å². The van der Waals surface area contributed by atoms with E-state index in [4.69, 9.17) is 21.1 Å². The Morgan fingerprint density at radius 3 is 2.16 bits per heavy atom. The number of carbonyl (C=O) groups excluding carboxylic acids is 2. The Morgan fingerprint density at radius 1 is 0.838 bits per heavy atom. The van der Waals surface area contributed by atoms with Gasteiger partial charge in [-0.15, -0.1) is 0 Å². The quantitative estimate of drug-likeness (QED) is 0.268. The number of alkyl carbamates (subject to hydrolysis) is 1. The average Bonchev–Trinajstić information content (AvgIpc) is 3.25. The molecule has 1 N–H and O–H groups in total. The van der Waals surface area contributed by atoms with E-state index in [0.717, 1.165) is 27.8 Å². The van der Waals surface area contributed by atoms with Crippen LogP contribution in [0.25, 0.3) is 11.1 Å². The zero-order chi connectivity index (χ0) is 25.6. The summed E-state index contributed by atoms with van der Waals surface area (Å²) in [6.45, 7) is 0.676. The van der Waals surface area contributed by atoms with Crippen LogP contribution in [0.5, 0.6) is 0 Å². The van der Waals surface area contributed by atoms with Crippen molar-refractivity contribution in [3.05, 3.63) is 125 Å². The summed E-state index contributed by atoms with van der Waals surface area (Å²) < 4.78 is 11.6. The summed E-state index contributed by atoms with van der Waals surface area (Å²) in [6, 6.07) is 30.3. The molecule has 1 amide bonds. The smallest absolute Gasteiger partial charge is 0.407 e. The molecule has 0 fully saturated rings. The Kier molecular flexibility index (Phi) is 7.59. The van der Waals surface area contributed by atoms with Crippen molar-refractivity contribution in [2.45, 2.75) is 18.6 Å². The summed E-state index contributed by atoms with van der Waals surface area (Å²) in [6.07, 6.45) is -0.598. The molecule has 1 heterocycles. The molecule has 6 nitrogen and oxygen atoms in total. The maximum absolute atomic E-state index is 12.9. The van der Waals surface area contributed by atoms with Crippen LogP contribution in [0.2, 0.25) is 0 Å². The lowest BCUT2D eigenvalue weighted by Gasteiger charge is -2.20. The van der Waals surface area contributed by atoms with Crippen LogP contribution in [0.1, 0.15) is 44.8 Å². The lowest BCUT2D eigenvalue weighted by atomic mass is 9.98. The van der Waals surface area contributed by atoms with Crippen LogP contribution >= 0.6 is 11.6 Å². The van der Waals surface area contributed by atoms with Gasteiger partial charge in [0.2, 0.25) is 0 Å². The monoisotopic (exact) mass is 512 g/mol. The molecule has 3 aromatic carbocycles. The molecule has 0 saturated heterocycles. The molecule has 7 heteroatoms. The Balaban J connectivity index is 1.28. The topological polar surface area (TPSA) is 77.5 Å². The molecule has 0 aliphatic heterocycles. The number of pyridine rings is 1. The van der Waals surface area contributed by atoms with Crippen molar-refractivity contribution in [2.24, 2.45) is 0 Å². The molecule has 5 rings (SSSR count). The lowest BCUT2D eigenvalue weighted by molar-refractivity contribution is 0.0886. The number of benzene rings is 3. The van der Waals surface area contributed by atoms with Crippen LogP contribution in [0.15, 0.2) is 97.1 Å². The average molecular weight is 513 g/mol. The van der Waals surface area contributed by atoms with Gasteiger partial charge in [0.1, 0.15) is 12.3 Å². The van der Waals surface area contributed by atoms with Crippen molar-refractivity contribution in [3.63, 3.8) is 0 Å². The first-order chi connectivity index (χ1) is 18.1. The van der Waals surface area contributed by atoms with Crippen LogP contribution in [-0.4, -0.2) is 29.5 Å². The van der Waals surface area contributed by atoms with E-state index in [1.54, 1.807) is 12.1 Å². The van der Waals surface area contributed by atoms with E-state index in [9.17, 15) is 9.59 Å². The first-order valence-electron chi connectivity index (χ1n) is 12.0. The number of nitrogens with one attached hydrogen (secondary N) is 1. The number of hydrogen-bond acceptors (Lipinski definition) is 5. The summed E-state index contributed by atoms with van der Waals surface area (Å²) in [4.78, 5) is 28.9. The van der Waals surface area contributed by atoms with Gasteiger partial charge in [-0.1, -0.05) is 84.9 Å². The van der Waals surface area contributed by atoms with Crippen molar-refractivity contribution in [1.29, 1.82) is 0 Å². The number of amides is 1. The standard InChI is InChI=1S/C30H25ClN2O4/c31-29(34)27-16-8-15-26(32-27)28(19-36-17-20-9-2-1-3-10-20)33-30(35)37-18-25-23-13-6-4-11-21(23)22-12-5-7-14-24(22)25/h1-16,25,28H,17-19H2,(H,33,35). The second kappa shape index (κ2) is 11.4. The number of halogens is 1. The largest absolute Gasteiger partial charge is 0.449 e. The summed E-state index contributed by atoms with van der Waals surface area (Å²) >= 11 is 5.63. The molecule has 1 atom stereocenters. The third-order valence-corrected chi connectivity index (χ3v) is 6.55. The Bertz CT molecular complexity index is 1360. The molecule has 1 aliphatic rings. The van der Waals surface area contributed by atoms with Crippen molar-refractivity contribution >= 4 is 22.9 Å². The van der Waals surface area contributed by atoms with Gasteiger partial charge in [0.05, 0.1) is 24.9 Å². The van der Waals surface area contributed by atoms with Gasteiger partial charge in [-0.25, -0.2) is 9.78 Å². The molecule has 0 radical (unpaired) electrons. The minimum atomic E-state index is -0.674. The Morgan fingerprint density at radius 2 is 1.49 bits per heavy atom. The van der Waals surface area contributed by atoms with Crippen molar-refractivity contribution in [1.82, 2.24) is 10.3 Å². The predicted molar refractivity (Wildman–Crippen MR) is 141 cm³/mol. The summed E-state index contributed by atoms with van der Waals surface area (Å²) in [7, 11) is 0. The van der Waals surface area contributed by atoms with Crippen LogP contribution < -0.4 is 5.32 Å². The lowest BCUT2D eigenvalue weighted by Crippen LogP contribution is -2.33. The van der Waals surface area contributed by atoms with Crippen molar-refractivity contribution in [2.75, 3.05) is 13.2 Å². The summed E-state index contributed by atoms with van der Waals surface area (Å²) in [5.74, 6) is -0.0544. The van der Waals surface area contributed by atoms with E-state index < -0.39 is 17.4 Å². The molecule has 1 unspecified atom stereocenters. The van der Waals surface area contributed by atoms with Gasteiger partial charge in [-0.05, 0) is 51.6 Å². The van der Waals surface area contributed by atoms with Crippen LogP contribution in [0.3, 0.4) is 0 Å². The van der Waals surface area contributed by atoms with E-state index in [0.29, 0.717) is 12.3 Å². The van der Waals surface area contributed by atoms with Gasteiger partial charge in [-0.2, -0.15) is 0 Å². The molecule has 0 saturated carbocycles. The van der Waals surface area contributed by atoms with Gasteiger partial charge in [0.25, 0.3) is 5.24 Å². The van der Waals surface area contributed by atoms with Crippen LogP contribution in [0.4, 0.5) is 4.79 Å². The normalized spacial score (nSPS) is 12.9. The first-order valence-corrected chi connectivity index (χ1v) is 12.4. The number of aromatic nitrogens is 1. The number of carbonyl (C=O) groups is 2. The van der Waals surface area contributed by atoms with E-state index in [-0.39, 0.29) is 24.8 Å². The second-order valence-corrected chi connectivity index (χ2v) is 9.09. The highest BCUT2D eigenvalue weighted by Gasteiger charge is 2.29. The zero-order valence-corrected chi connectivity index (χ0v) is 20.7. The third-order valence-electron chi connectivity index (χ3n) is 6.36. The minimum Gasteiger partial charge on any atom is -0.449 e. The zero-order valence-electron chi connectivity index (χ0n) is 20.0. The maximum Gasteiger partial charge on any atom is 0.407 e. The number of fused-ring (bicyclic) bond motifs is 3. The van der Waals surface area contributed by atoms with Crippen LogP contribution in [0, 0.1) is 0 Å². The minimum absolute atomic E-state index is 0.0544. The molecule has 1 aliphatic carbocycles. The first kappa shape index (κ1) is 24.7. The number of ether oxygens (including phenoxy) is 2. The fourth-order valence-electron chi connectivity index (χ4n) is 4.61. The fourth-order valence-corrected chi connectivity index (χ4v) is 4.71. The Labute approximate surface area is 220 Å². The van der Waals surface area contributed by atoms with Crippen molar-refractivity contribution in [3.8, 4) is 11.1 Å². The molecule has 0 bridgehead atoms. The van der Waals surface area contributed by atoms with E-state index in [1.807, 2.05) is 54.6 Å². The van der Waals surface area contributed by atoms with Gasteiger partial charge in [-0.3, -0.25) is 4.79 Å². The highest BCUT2D eigenvalue weighted by atomic mass is 35.5. The van der Waals surface area contributed by atoms with Gasteiger partial charge < -0.3 is 14.8 Å². The third kappa shape index (κ3) is 5.71. The van der Waals surface area contributed by atoms with E-state index >= 15 is 0 Å². The van der Waals surface area contributed by atoms with E-state index in [1.165, 1.54) is 6.07 Å². The van der Waals surface area contributed by atoms with Gasteiger partial charge in [0.15, 0.2) is 0 Å². The highest BCUT2D eigenvalue weighted by molar-refractivity contribution is 6.67. The van der Waals surface area contributed by atoms with E-state index in [2.05, 4.69) is 34.6 Å². The second-order valence-electron chi connectivity index (χ2n) is 8.74. The highest BCUT2D eigenvalue weighted by Crippen LogP contribution is 2.44. The molecule has 37 heavy (non-hydrogen) atoms. The maximum atomic E-state index is 12.9. The predicted octanol–water partition coefficient (Wildman–Crippen LogP) is 6.26. The fraction of sp³-hybridized carbons (Fsp3) is 0.167. The van der Waals surface area contributed by atoms with Gasteiger partial charge >= 0.3 is 6.09 Å². The molecular formula is C30H25ClN2O4. The molecule has 1 aromatic heterocycles.